The molecule has 1 aliphatic carbocycles. The zero-order valence-electron chi connectivity index (χ0n) is 12.0. The van der Waals surface area contributed by atoms with Crippen molar-refractivity contribution >= 4 is 0 Å². The molecule has 0 atom stereocenters. The molecule has 0 amide bonds. The maximum absolute atomic E-state index is 3.44. The van der Waals surface area contributed by atoms with E-state index in [0.717, 1.165) is 12.1 Å². The van der Waals surface area contributed by atoms with E-state index in [1.165, 1.54) is 58.0 Å². The van der Waals surface area contributed by atoms with Gasteiger partial charge in [0.1, 0.15) is 0 Å². The lowest BCUT2D eigenvalue weighted by Crippen LogP contribution is -2.41. The average molecular weight is 238 g/mol. The highest BCUT2D eigenvalue weighted by Crippen LogP contribution is 2.39. The van der Waals surface area contributed by atoms with E-state index in [4.69, 9.17) is 0 Å². The Balaban J connectivity index is 1.85. The zero-order valence-corrected chi connectivity index (χ0v) is 12.0. The Labute approximate surface area is 107 Å². The molecule has 100 valence electrons. The van der Waals surface area contributed by atoms with Crippen LogP contribution in [-0.4, -0.2) is 37.1 Å². The Kier molecular flexibility index (Phi) is 4.48. The van der Waals surface area contributed by atoms with Crippen LogP contribution in [0.2, 0.25) is 0 Å². The zero-order chi connectivity index (χ0) is 12.3. The maximum Gasteiger partial charge on any atom is 0.00966 e. The van der Waals surface area contributed by atoms with Crippen molar-refractivity contribution in [2.75, 3.05) is 20.1 Å². The molecular weight excluding hydrogens is 208 g/mol. The molecule has 17 heavy (non-hydrogen) atoms. The minimum absolute atomic E-state index is 0.653. The Morgan fingerprint density at radius 3 is 2.24 bits per heavy atom. The Morgan fingerprint density at radius 2 is 1.76 bits per heavy atom. The molecule has 0 radical (unpaired) electrons. The van der Waals surface area contributed by atoms with Gasteiger partial charge in [-0.05, 0) is 64.0 Å². The van der Waals surface area contributed by atoms with Crippen molar-refractivity contribution in [3.8, 4) is 0 Å². The molecule has 1 N–H and O–H groups in total. The third-order valence-electron chi connectivity index (χ3n) is 5.59. The van der Waals surface area contributed by atoms with Gasteiger partial charge in [-0.15, -0.1) is 0 Å². The van der Waals surface area contributed by atoms with E-state index in [0.29, 0.717) is 5.41 Å². The van der Waals surface area contributed by atoms with Gasteiger partial charge in [-0.1, -0.05) is 13.8 Å². The molecule has 0 spiro atoms. The van der Waals surface area contributed by atoms with Gasteiger partial charge in [0, 0.05) is 18.6 Å². The molecule has 1 saturated carbocycles. The second kappa shape index (κ2) is 5.71. The Hall–Kier alpha value is -0.0800. The summed E-state index contributed by atoms with van der Waals surface area (Å²) in [6, 6.07) is 1.68. The summed E-state index contributed by atoms with van der Waals surface area (Å²) >= 11 is 0. The molecule has 2 rings (SSSR count). The van der Waals surface area contributed by atoms with E-state index in [-0.39, 0.29) is 0 Å². The van der Waals surface area contributed by atoms with Gasteiger partial charge >= 0.3 is 0 Å². The van der Waals surface area contributed by atoms with Crippen molar-refractivity contribution in [2.24, 2.45) is 5.41 Å². The SMILES string of the molecule is CCC1(CC)CCN(C2CCC(NC)CC2)C1. The van der Waals surface area contributed by atoms with Crippen LogP contribution >= 0.6 is 0 Å². The maximum atomic E-state index is 3.44. The molecule has 2 fully saturated rings. The molecular formula is C15H30N2. The molecule has 1 aliphatic heterocycles. The first-order chi connectivity index (χ1) is 8.23. The molecule has 1 saturated heterocycles. The summed E-state index contributed by atoms with van der Waals surface area (Å²) in [5, 5.41) is 3.44. The second-order valence-corrected chi connectivity index (χ2v) is 6.22. The first-order valence-corrected chi connectivity index (χ1v) is 7.64. The fourth-order valence-electron chi connectivity index (χ4n) is 3.84. The summed E-state index contributed by atoms with van der Waals surface area (Å²) in [5.41, 5.74) is 0.653. The molecule has 0 aromatic heterocycles. The van der Waals surface area contributed by atoms with E-state index in [1.54, 1.807) is 0 Å². The van der Waals surface area contributed by atoms with Crippen LogP contribution in [-0.2, 0) is 0 Å². The number of hydrogen-bond donors (Lipinski definition) is 1. The van der Waals surface area contributed by atoms with E-state index in [2.05, 4.69) is 31.1 Å². The summed E-state index contributed by atoms with van der Waals surface area (Å²) in [5.74, 6) is 0. The van der Waals surface area contributed by atoms with Crippen LogP contribution in [0.15, 0.2) is 0 Å². The normalized spacial score (nSPS) is 34.1. The summed E-state index contributed by atoms with van der Waals surface area (Å²) < 4.78 is 0. The predicted octanol–water partition coefficient (Wildman–Crippen LogP) is 3.03. The number of likely N-dealkylation sites (tertiary alicyclic amines) is 1. The fraction of sp³-hybridized carbons (Fsp3) is 1.00. The minimum atomic E-state index is 0.653. The minimum Gasteiger partial charge on any atom is -0.317 e. The topological polar surface area (TPSA) is 15.3 Å². The van der Waals surface area contributed by atoms with Gasteiger partial charge in [0.15, 0.2) is 0 Å². The van der Waals surface area contributed by atoms with Crippen LogP contribution < -0.4 is 5.32 Å². The number of rotatable bonds is 4. The van der Waals surface area contributed by atoms with Crippen LogP contribution in [0.5, 0.6) is 0 Å². The summed E-state index contributed by atoms with van der Waals surface area (Å²) in [7, 11) is 2.11. The molecule has 2 nitrogen and oxygen atoms in total. The fourth-order valence-corrected chi connectivity index (χ4v) is 3.84. The van der Waals surface area contributed by atoms with Crippen molar-refractivity contribution < 1.29 is 0 Å². The van der Waals surface area contributed by atoms with Crippen LogP contribution in [0.3, 0.4) is 0 Å². The van der Waals surface area contributed by atoms with Crippen LogP contribution in [0, 0.1) is 5.41 Å². The summed E-state index contributed by atoms with van der Waals surface area (Å²) in [4.78, 5) is 2.80. The van der Waals surface area contributed by atoms with E-state index >= 15 is 0 Å². The highest BCUT2D eigenvalue weighted by atomic mass is 15.2. The van der Waals surface area contributed by atoms with Crippen LogP contribution in [0.1, 0.15) is 58.8 Å². The third kappa shape index (κ3) is 2.85. The molecule has 2 aliphatic rings. The van der Waals surface area contributed by atoms with Gasteiger partial charge in [0.2, 0.25) is 0 Å². The lowest BCUT2D eigenvalue weighted by molar-refractivity contribution is 0.150. The number of nitrogens with zero attached hydrogens (tertiary/aromatic N) is 1. The molecule has 0 unspecified atom stereocenters. The molecule has 1 heterocycles. The Morgan fingerprint density at radius 1 is 1.12 bits per heavy atom. The molecule has 0 bridgehead atoms. The quantitative estimate of drug-likeness (QED) is 0.810. The van der Waals surface area contributed by atoms with Gasteiger partial charge in [0.05, 0.1) is 0 Å². The molecule has 0 aromatic carbocycles. The van der Waals surface area contributed by atoms with E-state index < -0.39 is 0 Å². The van der Waals surface area contributed by atoms with E-state index in [1.807, 2.05) is 0 Å². The predicted molar refractivity (Wildman–Crippen MR) is 74.3 cm³/mol. The number of hydrogen-bond acceptors (Lipinski definition) is 2. The third-order valence-corrected chi connectivity index (χ3v) is 5.59. The summed E-state index contributed by atoms with van der Waals surface area (Å²) in [6.07, 6.45) is 9.75. The van der Waals surface area contributed by atoms with E-state index in [9.17, 15) is 0 Å². The standard InChI is InChI=1S/C15H30N2/c1-4-15(5-2)10-11-17(12-15)14-8-6-13(16-3)7-9-14/h13-14,16H,4-12H2,1-3H3. The van der Waals surface area contributed by atoms with Gasteiger partial charge in [-0.2, -0.15) is 0 Å². The highest BCUT2D eigenvalue weighted by molar-refractivity contribution is 4.92. The first-order valence-electron chi connectivity index (χ1n) is 7.64. The van der Waals surface area contributed by atoms with Crippen molar-refractivity contribution in [1.29, 1.82) is 0 Å². The van der Waals surface area contributed by atoms with Crippen LogP contribution in [0.25, 0.3) is 0 Å². The highest BCUT2D eigenvalue weighted by Gasteiger charge is 2.38. The average Bonchev–Trinajstić information content (AvgIpc) is 2.84. The largest absolute Gasteiger partial charge is 0.317 e. The lowest BCUT2D eigenvalue weighted by atomic mass is 9.81. The Bertz CT molecular complexity index is 227. The lowest BCUT2D eigenvalue weighted by Gasteiger charge is -2.36. The smallest absolute Gasteiger partial charge is 0.00966 e. The van der Waals surface area contributed by atoms with Crippen molar-refractivity contribution in [3.05, 3.63) is 0 Å². The molecule has 2 heteroatoms. The monoisotopic (exact) mass is 238 g/mol. The molecule has 0 aromatic rings. The second-order valence-electron chi connectivity index (χ2n) is 6.22. The van der Waals surface area contributed by atoms with Crippen molar-refractivity contribution in [1.82, 2.24) is 10.2 Å². The van der Waals surface area contributed by atoms with Crippen molar-refractivity contribution in [2.45, 2.75) is 70.9 Å². The van der Waals surface area contributed by atoms with Crippen molar-refractivity contribution in [3.63, 3.8) is 0 Å². The van der Waals surface area contributed by atoms with Gasteiger partial charge in [-0.25, -0.2) is 0 Å². The summed E-state index contributed by atoms with van der Waals surface area (Å²) in [6.45, 7) is 7.49. The van der Waals surface area contributed by atoms with Crippen LogP contribution in [0.4, 0.5) is 0 Å². The van der Waals surface area contributed by atoms with Gasteiger partial charge in [-0.3, -0.25) is 4.90 Å². The first kappa shape index (κ1) is 13.4. The number of nitrogens with one attached hydrogen (secondary N) is 1. The van der Waals surface area contributed by atoms with Gasteiger partial charge in [0.25, 0.3) is 0 Å². The van der Waals surface area contributed by atoms with Gasteiger partial charge < -0.3 is 5.32 Å².